The van der Waals surface area contributed by atoms with Crippen LogP contribution in [-0.2, 0) is 9.53 Å². The lowest BCUT2D eigenvalue weighted by atomic mass is 10.0. The van der Waals surface area contributed by atoms with E-state index in [1.54, 1.807) is 6.08 Å². The van der Waals surface area contributed by atoms with Crippen LogP contribution in [0, 0.1) is 11.3 Å². The van der Waals surface area contributed by atoms with E-state index in [4.69, 9.17) is 4.74 Å². The van der Waals surface area contributed by atoms with Crippen molar-refractivity contribution in [1.29, 1.82) is 5.26 Å². The first-order chi connectivity index (χ1) is 14.9. The number of ether oxygens (including phenoxy) is 1. The number of aliphatic hydroxyl groups is 2. The zero-order valence-corrected chi connectivity index (χ0v) is 17.9. The number of fused-ring (bicyclic) bond motifs is 1. The molecule has 1 fully saturated rings. The second-order valence-corrected chi connectivity index (χ2v) is 7.68. The Kier molecular flexibility index (Phi) is 9.21. The van der Waals surface area contributed by atoms with E-state index in [9.17, 15) is 20.3 Å². The molecular weight excluding hydrogens is 406 g/mol. The molecule has 0 saturated carbocycles. The van der Waals surface area contributed by atoms with E-state index in [1.807, 2.05) is 30.3 Å². The molecule has 7 heteroatoms. The molecule has 7 nitrogen and oxygen atoms in total. The quantitative estimate of drug-likeness (QED) is 0.452. The summed E-state index contributed by atoms with van der Waals surface area (Å²) in [6, 6.07) is 14.0. The summed E-state index contributed by atoms with van der Waals surface area (Å²) in [4.78, 5) is 14.7. The van der Waals surface area contributed by atoms with Crippen molar-refractivity contribution < 1.29 is 19.7 Å². The summed E-state index contributed by atoms with van der Waals surface area (Å²) in [6.07, 6.45) is -0.176. The van der Waals surface area contributed by atoms with Crippen LogP contribution in [0.5, 0.6) is 0 Å². The Bertz CT molecular complexity index is 984. The predicted octanol–water partition coefficient (Wildman–Crippen LogP) is 3.20. The van der Waals surface area contributed by atoms with Gasteiger partial charge in [0.2, 0.25) is 0 Å². The Morgan fingerprint density at radius 1 is 1.19 bits per heavy atom. The number of hydrogen-bond donors (Lipinski definition) is 3. The number of carbonyl (C=O) groups excluding carboxylic acids is 1. The molecule has 0 radical (unpaired) electrons. The number of nitriles is 1. The number of hydrogen-bond acceptors (Lipinski definition) is 6. The summed E-state index contributed by atoms with van der Waals surface area (Å²) in [5.74, 6) is -0.516. The van der Waals surface area contributed by atoms with E-state index in [0.29, 0.717) is 6.42 Å². The lowest BCUT2D eigenvalue weighted by molar-refractivity contribution is -0.187. The second kappa shape index (κ2) is 11.6. The van der Waals surface area contributed by atoms with Crippen molar-refractivity contribution in [2.24, 2.45) is 0 Å². The maximum Gasteiger partial charge on any atom is 0.262 e. The van der Waals surface area contributed by atoms with Crippen molar-refractivity contribution in [2.45, 2.75) is 52.6 Å². The number of rotatable bonds is 7. The smallest absolute Gasteiger partial charge is 0.262 e. The van der Waals surface area contributed by atoms with Crippen LogP contribution >= 0.6 is 0 Å². The van der Waals surface area contributed by atoms with Gasteiger partial charge < -0.3 is 25.2 Å². The van der Waals surface area contributed by atoms with Gasteiger partial charge in [0.15, 0.2) is 6.29 Å². The molecule has 1 amide bonds. The van der Waals surface area contributed by atoms with E-state index in [1.165, 1.54) is 0 Å². The molecule has 1 aliphatic rings. The van der Waals surface area contributed by atoms with Gasteiger partial charge in [0.1, 0.15) is 11.6 Å². The molecule has 2 aromatic rings. The average molecular weight is 440 g/mol. The lowest BCUT2D eigenvalue weighted by Gasteiger charge is -2.30. The van der Waals surface area contributed by atoms with Crippen molar-refractivity contribution in [3.05, 3.63) is 47.5 Å². The fourth-order valence-electron chi connectivity index (χ4n) is 3.84. The van der Waals surface area contributed by atoms with E-state index in [2.05, 4.69) is 36.2 Å². The van der Waals surface area contributed by atoms with Crippen LogP contribution in [0.1, 0.15) is 39.7 Å². The molecule has 2 aromatic carbocycles. The maximum atomic E-state index is 12.4. The molecule has 0 bridgehead atoms. The van der Waals surface area contributed by atoms with Crippen molar-refractivity contribution in [3.8, 4) is 6.07 Å². The Balaban J connectivity index is 0.00000363. The van der Waals surface area contributed by atoms with Gasteiger partial charge >= 0.3 is 0 Å². The van der Waals surface area contributed by atoms with Crippen molar-refractivity contribution in [2.75, 3.05) is 24.5 Å². The van der Waals surface area contributed by atoms with Crippen LogP contribution in [0.3, 0.4) is 0 Å². The standard InChI is InChI=1S/C24H29N3O4.CH4/c1-3-27(4-2)20-8-7-17-9-16(5-6-18(17)11-20)10-19(14-25)24(30)26-15-22-12-21(28)13-23(29)31-22;/h5-11,21-23,28-29H,3-4,12-13,15H2,1-2H3,(H,26,30);1H4/b19-10+;. The van der Waals surface area contributed by atoms with Crippen LogP contribution in [0.2, 0.25) is 0 Å². The van der Waals surface area contributed by atoms with Gasteiger partial charge in [0, 0.05) is 38.2 Å². The third kappa shape index (κ3) is 6.30. The average Bonchev–Trinajstić information content (AvgIpc) is 2.76. The minimum absolute atomic E-state index is 0. The Labute approximate surface area is 189 Å². The molecule has 0 aromatic heterocycles. The van der Waals surface area contributed by atoms with Gasteiger partial charge in [-0.2, -0.15) is 5.26 Å². The van der Waals surface area contributed by atoms with Gasteiger partial charge in [-0.3, -0.25) is 4.79 Å². The van der Waals surface area contributed by atoms with Gasteiger partial charge in [0.05, 0.1) is 12.2 Å². The summed E-state index contributed by atoms with van der Waals surface area (Å²) in [6.45, 7) is 6.24. The van der Waals surface area contributed by atoms with E-state index < -0.39 is 24.4 Å². The number of anilines is 1. The molecule has 0 spiro atoms. The SMILES string of the molecule is C.CCN(CC)c1ccc2cc(/C=C(\C#N)C(=O)NCC3CC(O)CC(O)O3)ccc2c1. The van der Waals surface area contributed by atoms with Gasteiger partial charge in [-0.05, 0) is 54.5 Å². The number of aliphatic hydroxyl groups excluding tert-OH is 2. The van der Waals surface area contributed by atoms with Gasteiger partial charge in [0.25, 0.3) is 5.91 Å². The molecule has 1 heterocycles. The largest absolute Gasteiger partial charge is 0.393 e. The summed E-state index contributed by atoms with van der Waals surface area (Å²) < 4.78 is 5.30. The highest BCUT2D eigenvalue weighted by Crippen LogP contribution is 2.24. The highest BCUT2D eigenvalue weighted by molar-refractivity contribution is 6.02. The third-order valence-electron chi connectivity index (χ3n) is 5.50. The van der Waals surface area contributed by atoms with Crippen molar-refractivity contribution in [1.82, 2.24) is 5.32 Å². The highest BCUT2D eigenvalue weighted by Gasteiger charge is 2.27. The molecule has 3 N–H and O–H groups in total. The number of carbonyl (C=O) groups is 1. The number of benzene rings is 2. The monoisotopic (exact) mass is 439 g/mol. The minimum Gasteiger partial charge on any atom is -0.393 e. The van der Waals surface area contributed by atoms with Crippen LogP contribution in [-0.4, -0.2) is 54.3 Å². The Morgan fingerprint density at radius 3 is 2.53 bits per heavy atom. The van der Waals surface area contributed by atoms with E-state index >= 15 is 0 Å². The lowest BCUT2D eigenvalue weighted by Crippen LogP contribution is -2.42. The summed E-state index contributed by atoms with van der Waals surface area (Å²) >= 11 is 0. The summed E-state index contributed by atoms with van der Waals surface area (Å²) in [5, 5.41) is 33.5. The van der Waals surface area contributed by atoms with Crippen LogP contribution in [0.4, 0.5) is 5.69 Å². The molecule has 3 unspecified atom stereocenters. The zero-order chi connectivity index (χ0) is 22.4. The maximum absolute atomic E-state index is 12.4. The fraction of sp³-hybridized carbons (Fsp3) is 0.440. The first-order valence-corrected chi connectivity index (χ1v) is 10.6. The molecule has 3 atom stereocenters. The van der Waals surface area contributed by atoms with E-state index in [0.717, 1.165) is 35.1 Å². The number of nitrogens with zero attached hydrogens (tertiary/aromatic N) is 2. The third-order valence-corrected chi connectivity index (χ3v) is 5.50. The van der Waals surface area contributed by atoms with Crippen molar-refractivity contribution in [3.63, 3.8) is 0 Å². The normalized spacial score (nSPS) is 20.8. The van der Waals surface area contributed by atoms with Crippen molar-refractivity contribution >= 4 is 28.4 Å². The number of nitrogens with one attached hydrogen (secondary N) is 1. The predicted molar refractivity (Wildman–Crippen MR) is 127 cm³/mol. The molecular formula is C25H33N3O4. The molecule has 172 valence electrons. The first kappa shape index (κ1) is 25.3. The number of amides is 1. The Hall–Kier alpha value is -2.92. The van der Waals surface area contributed by atoms with Crippen LogP contribution < -0.4 is 10.2 Å². The van der Waals surface area contributed by atoms with E-state index in [-0.39, 0.29) is 26.0 Å². The minimum atomic E-state index is -1.04. The van der Waals surface area contributed by atoms with Crippen LogP contribution in [0.15, 0.2) is 42.0 Å². The topological polar surface area (TPSA) is 106 Å². The molecule has 1 aliphatic heterocycles. The van der Waals surface area contributed by atoms with Gasteiger partial charge in [-0.25, -0.2) is 0 Å². The molecule has 3 rings (SSSR count). The van der Waals surface area contributed by atoms with Crippen LogP contribution in [0.25, 0.3) is 16.8 Å². The molecule has 32 heavy (non-hydrogen) atoms. The molecule has 0 aliphatic carbocycles. The summed E-state index contributed by atoms with van der Waals surface area (Å²) in [7, 11) is 0. The van der Waals surface area contributed by atoms with Gasteiger partial charge in [-0.1, -0.05) is 25.6 Å². The van der Waals surface area contributed by atoms with Gasteiger partial charge in [-0.15, -0.1) is 0 Å². The second-order valence-electron chi connectivity index (χ2n) is 7.68. The Morgan fingerprint density at radius 2 is 1.88 bits per heavy atom. The first-order valence-electron chi connectivity index (χ1n) is 10.6. The summed E-state index contributed by atoms with van der Waals surface area (Å²) in [5.41, 5.74) is 1.91. The fourth-order valence-corrected chi connectivity index (χ4v) is 3.84. The molecule has 1 saturated heterocycles. The highest BCUT2D eigenvalue weighted by atomic mass is 16.6. The zero-order valence-electron chi connectivity index (χ0n) is 17.9.